The van der Waals surface area contributed by atoms with E-state index < -0.39 is 0 Å². The molecule has 3 rings (SSSR count). The molecule has 0 atom stereocenters. The minimum Gasteiger partial charge on any atom is -0.256 e. The van der Waals surface area contributed by atoms with Gasteiger partial charge in [-0.05, 0) is 24.3 Å². The van der Waals surface area contributed by atoms with Crippen LogP contribution in [0.4, 0.5) is 0 Å². The van der Waals surface area contributed by atoms with E-state index in [-0.39, 0.29) is 0 Å². The van der Waals surface area contributed by atoms with Gasteiger partial charge in [-0.2, -0.15) is 10.2 Å². The Kier molecular flexibility index (Phi) is 2.75. The van der Waals surface area contributed by atoms with Gasteiger partial charge in [-0.15, -0.1) is 0 Å². The van der Waals surface area contributed by atoms with Gasteiger partial charge < -0.3 is 0 Å². The molecule has 18 heavy (non-hydrogen) atoms. The van der Waals surface area contributed by atoms with E-state index in [9.17, 15) is 0 Å². The van der Waals surface area contributed by atoms with Crippen molar-refractivity contribution in [2.24, 2.45) is 0 Å². The number of rotatable bonds is 2. The summed E-state index contributed by atoms with van der Waals surface area (Å²) in [7, 11) is 0. The van der Waals surface area contributed by atoms with Gasteiger partial charge in [0.25, 0.3) is 0 Å². The average Bonchev–Trinajstić information content (AvgIpc) is 2.49. The third-order valence-corrected chi connectivity index (χ3v) is 2.61. The first-order valence-corrected chi connectivity index (χ1v) is 5.58. The summed E-state index contributed by atoms with van der Waals surface area (Å²) in [6.45, 7) is 0. The van der Waals surface area contributed by atoms with Crippen molar-refractivity contribution in [1.29, 1.82) is 0 Å². The number of aromatic nitrogens is 4. The number of pyridine rings is 2. The zero-order valence-corrected chi connectivity index (χ0v) is 9.56. The SMILES string of the molecule is c1ccc(-c2cnncc2-c2ccccn2)nc1. The molecule has 0 aromatic carbocycles. The molecule has 0 aliphatic heterocycles. The predicted octanol–water partition coefficient (Wildman–Crippen LogP) is 2.60. The van der Waals surface area contributed by atoms with Crippen LogP contribution in [-0.4, -0.2) is 20.2 Å². The maximum Gasteiger partial charge on any atom is 0.0725 e. The van der Waals surface area contributed by atoms with Crippen LogP contribution in [0.3, 0.4) is 0 Å². The van der Waals surface area contributed by atoms with Crippen LogP contribution in [0.5, 0.6) is 0 Å². The second-order valence-electron chi connectivity index (χ2n) is 3.75. The molecular weight excluding hydrogens is 224 g/mol. The molecule has 0 radical (unpaired) electrons. The normalized spacial score (nSPS) is 10.2. The van der Waals surface area contributed by atoms with Gasteiger partial charge in [-0.3, -0.25) is 9.97 Å². The Morgan fingerprint density at radius 1 is 0.611 bits per heavy atom. The molecule has 0 N–H and O–H groups in total. The molecule has 0 aliphatic rings. The molecule has 4 nitrogen and oxygen atoms in total. The summed E-state index contributed by atoms with van der Waals surface area (Å²) in [6.07, 6.45) is 6.95. The predicted molar refractivity (Wildman–Crippen MR) is 68.5 cm³/mol. The first-order valence-electron chi connectivity index (χ1n) is 5.58. The molecule has 3 aromatic heterocycles. The summed E-state index contributed by atoms with van der Waals surface area (Å²) in [6, 6.07) is 11.6. The van der Waals surface area contributed by atoms with Crippen molar-refractivity contribution in [3.05, 3.63) is 61.2 Å². The largest absolute Gasteiger partial charge is 0.256 e. The molecule has 3 aromatic rings. The van der Waals surface area contributed by atoms with Crippen LogP contribution in [-0.2, 0) is 0 Å². The summed E-state index contributed by atoms with van der Waals surface area (Å²) in [5.74, 6) is 0. The van der Waals surface area contributed by atoms with Gasteiger partial charge in [0.05, 0.1) is 23.8 Å². The molecule has 0 fully saturated rings. The molecule has 3 heterocycles. The summed E-state index contributed by atoms with van der Waals surface area (Å²) in [4.78, 5) is 8.68. The number of hydrogen-bond acceptors (Lipinski definition) is 4. The summed E-state index contributed by atoms with van der Waals surface area (Å²) in [5.41, 5.74) is 3.61. The van der Waals surface area contributed by atoms with Crippen molar-refractivity contribution in [2.75, 3.05) is 0 Å². The Hall–Kier alpha value is -2.62. The van der Waals surface area contributed by atoms with Crippen molar-refractivity contribution in [3.8, 4) is 22.5 Å². The molecule has 4 heteroatoms. The number of nitrogens with zero attached hydrogens (tertiary/aromatic N) is 4. The van der Waals surface area contributed by atoms with E-state index in [0.717, 1.165) is 22.5 Å². The van der Waals surface area contributed by atoms with E-state index in [1.54, 1.807) is 24.8 Å². The topological polar surface area (TPSA) is 51.6 Å². The van der Waals surface area contributed by atoms with Crippen LogP contribution in [0.2, 0.25) is 0 Å². The highest BCUT2D eigenvalue weighted by atomic mass is 15.1. The Morgan fingerprint density at radius 3 is 1.50 bits per heavy atom. The highest BCUT2D eigenvalue weighted by Crippen LogP contribution is 2.27. The van der Waals surface area contributed by atoms with Gasteiger partial charge in [0.1, 0.15) is 0 Å². The summed E-state index contributed by atoms with van der Waals surface area (Å²) < 4.78 is 0. The molecular formula is C14H10N4. The van der Waals surface area contributed by atoms with Gasteiger partial charge in [0, 0.05) is 23.5 Å². The van der Waals surface area contributed by atoms with E-state index in [2.05, 4.69) is 20.2 Å². The van der Waals surface area contributed by atoms with Crippen LogP contribution in [0.25, 0.3) is 22.5 Å². The van der Waals surface area contributed by atoms with Crippen LogP contribution in [0, 0.1) is 0 Å². The maximum absolute atomic E-state index is 4.34. The van der Waals surface area contributed by atoms with Gasteiger partial charge in [0.2, 0.25) is 0 Å². The van der Waals surface area contributed by atoms with Gasteiger partial charge >= 0.3 is 0 Å². The second-order valence-corrected chi connectivity index (χ2v) is 3.75. The number of hydrogen-bond donors (Lipinski definition) is 0. The van der Waals surface area contributed by atoms with Gasteiger partial charge in [0.15, 0.2) is 0 Å². The Balaban J connectivity index is 2.18. The van der Waals surface area contributed by atoms with E-state index in [0.29, 0.717) is 0 Å². The van der Waals surface area contributed by atoms with Gasteiger partial charge in [-0.25, -0.2) is 0 Å². The molecule has 0 bridgehead atoms. The third kappa shape index (κ3) is 1.96. The van der Waals surface area contributed by atoms with Crippen molar-refractivity contribution in [3.63, 3.8) is 0 Å². The zero-order valence-electron chi connectivity index (χ0n) is 9.56. The average molecular weight is 234 g/mol. The monoisotopic (exact) mass is 234 g/mol. The van der Waals surface area contributed by atoms with Crippen molar-refractivity contribution < 1.29 is 0 Å². The molecule has 0 saturated heterocycles. The van der Waals surface area contributed by atoms with Crippen molar-refractivity contribution >= 4 is 0 Å². The minimum atomic E-state index is 0.869. The van der Waals surface area contributed by atoms with Crippen molar-refractivity contribution in [1.82, 2.24) is 20.2 Å². The molecule has 86 valence electrons. The van der Waals surface area contributed by atoms with Crippen LogP contribution < -0.4 is 0 Å². The molecule has 0 amide bonds. The lowest BCUT2D eigenvalue weighted by Gasteiger charge is -2.06. The summed E-state index contributed by atoms with van der Waals surface area (Å²) >= 11 is 0. The zero-order chi connectivity index (χ0) is 12.2. The smallest absolute Gasteiger partial charge is 0.0725 e. The van der Waals surface area contributed by atoms with Crippen LogP contribution >= 0.6 is 0 Å². The van der Waals surface area contributed by atoms with Gasteiger partial charge in [-0.1, -0.05) is 12.1 Å². The lowest BCUT2D eigenvalue weighted by Crippen LogP contribution is -1.92. The lowest BCUT2D eigenvalue weighted by atomic mass is 10.1. The van der Waals surface area contributed by atoms with E-state index in [1.807, 2.05) is 36.4 Å². The Bertz CT molecular complexity index is 580. The standard InChI is InChI=1S/C14H10N4/c1-3-7-15-13(5-1)11-9-17-18-10-12(11)14-6-2-4-8-16-14/h1-10H. The Labute approximate surface area is 104 Å². The molecule has 0 aliphatic carbocycles. The van der Waals surface area contributed by atoms with E-state index >= 15 is 0 Å². The quantitative estimate of drug-likeness (QED) is 0.684. The minimum absolute atomic E-state index is 0.869. The third-order valence-electron chi connectivity index (χ3n) is 2.61. The highest BCUT2D eigenvalue weighted by Gasteiger charge is 2.09. The van der Waals surface area contributed by atoms with Crippen LogP contribution in [0.15, 0.2) is 61.2 Å². The van der Waals surface area contributed by atoms with E-state index in [4.69, 9.17) is 0 Å². The first kappa shape index (κ1) is 10.5. The second kappa shape index (κ2) is 4.71. The maximum atomic E-state index is 4.34. The molecule has 0 unspecified atom stereocenters. The van der Waals surface area contributed by atoms with Crippen molar-refractivity contribution in [2.45, 2.75) is 0 Å². The van der Waals surface area contributed by atoms with E-state index in [1.165, 1.54) is 0 Å². The fourth-order valence-electron chi connectivity index (χ4n) is 1.77. The Morgan fingerprint density at radius 2 is 1.11 bits per heavy atom. The summed E-state index contributed by atoms with van der Waals surface area (Å²) in [5, 5.41) is 7.86. The molecule has 0 spiro atoms. The fraction of sp³-hybridized carbons (Fsp3) is 0. The molecule has 0 saturated carbocycles. The van der Waals surface area contributed by atoms with Crippen LogP contribution in [0.1, 0.15) is 0 Å². The first-order chi connectivity index (χ1) is 8.95. The lowest BCUT2D eigenvalue weighted by molar-refractivity contribution is 1.03. The highest BCUT2D eigenvalue weighted by molar-refractivity contribution is 5.78. The fourth-order valence-corrected chi connectivity index (χ4v) is 1.77.